The summed E-state index contributed by atoms with van der Waals surface area (Å²) in [6, 6.07) is 17.9. The first-order chi connectivity index (χ1) is 14.6. The Hall–Kier alpha value is -3.85. The smallest absolute Gasteiger partial charge is 0.273 e. The summed E-state index contributed by atoms with van der Waals surface area (Å²) in [6.45, 7) is 2.18. The molecule has 0 aliphatic rings. The fourth-order valence-corrected chi connectivity index (χ4v) is 3.49. The van der Waals surface area contributed by atoms with Crippen LogP contribution >= 0.6 is 11.3 Å². The van der Waals surface area contributed by atoms with Crippen LogP contribution < -0.4 is 10.7 Å². The molecule has 0 aliphatic carbocycles. The highest BCUT2D eigenvalue weighted by atomic mass is 32.1. The summed E-state index contributed by atoms with van der Waals surface area (Å²) in [5.74, 6) is -0.678. The number of amides is 2. The zero-order chi connectivity index (χ0) is 20.9. The summed E-state index contributed by atoms with van der Waals surface area (Å²) < 4.78 is 1.72. The van der Waals surface area contributed by atoms with E-state index >= 15 is 0 Å². The number of hydrogen-bond acceptors (Lipinski definition) is 6. The summed E-state index contributed by atoms with van der Waals surface area (Å²) in [7, 11) is 0. The predicted octanol–water partition coefficient (Wildman–Crippen LogP) is 3.55. The first-order valence-electron chi connectivity index (χ1n) is 9.17. The molecule has 30 heavy (non-hydrogen) atoms. The first kappa shape index (κ1) is 19.5. The third-order valence-corrected chi connectivity index (χ3v) is 5.18. The van der Waals surface area contributed by atoms with Crippen LogP contribution in [0, 0.1) is 0 Å². The van der Waals surface area contributed by atoms with E-state index in [-0.39, 0.29) is 5.91 Å². The number of carbonyl (C=O) groups excluding carboxylic acids is 2. The Morgan fingerprint density at radius 3 is 2.67 bits per heavy atom. The Labute approximate surface area is 176 Å². The molecule has 0 radical (unpaired) electrons. The van der Waals surface area contributed by atoms with Crippen molar-refractivity contribution in [1.29, 1.82) is 0 Å². The van der Waals surface area contributed by atoms with Gasteiger partial charge in [-0.3, -0.25) is 9.59 Å². The lowest BCUT2D eigenvalue weighted by Crippen LogP contribution is -2.23. The molecular formula is C21H18N6O2S. The van der Waals surface area contributed by atoms with Crippen LogP contribution in [0.2, 0.25) is 0 Å². The van der Waals surface area contributed by atoms with Crippen molar-refractivity contribution in [2.75, 3.05) is 5.32 Å². The Balaban J connectivity index is 1.45. The van der Waals surface area contributed by atoms with Gasteiger partial charge >= 0.3 is 0 Å². The van der Waals surface area contributed by atoms with E-state index in [0.717, 1.165) is 11.0 Å². The van der Waals surface area contributed by atoms with Crippen molar-refractivity contribution in [3.05, 3.63) is 76.5 Å². The highest BCUT2D eigenvalue weighted by molar-refractivity contribution is 7.12. The number of thiophene rings is 1. The molecule has 2 heterocycles. The van der Waals surface area contributed by atoms with Gasteiger partial charge in [0.1, 0.15) is 5.52 Å². The first-order valence-corrected chi connectivity index (χ1v) is 10.1. The molecule has 2 aromatic heterocycles. The second kappa shape index (κ2) is 8.66. The summed E-state index contributed by atoms with van der Waals surface area (Å²) in [6.07, 6.45) is 0. The van der Waals surface area contributed by atoms with Gasteiger partial charge in [0.2, 0.25) is 0 Å². The molecule has 8 nitrogen and oxygen atoms in total. The lowest BCUT2D eigenvalue weighted by atomic mass is 10.1. The van der Waals surface area contributed by atoms with Gasteiger partial charge in [-0.1, -0.05) is 35.5 Å². The van der Waals surface area contributed by atoms with Crippen LogP contribution in [-0.2, 0) is 6.54 Å². The predicted molar refractivity (Wildman–Crippen MR) is 117 cm³/mol. The largest absolute Gasteiger partial charge is 0.321 e. The van der Waals surface area contributed by atoms with E-state index in [9.17, 15) is 9.59 Å². The molecule has 4 aromatic rings. The Kier molecular flexibility index (Phi) is 5.62. The summed E-state index contributed by atoms with van der Waals surface area (Å²) in [4.78, 5) is 25.5. The lowest BCUT2D eigenvalue weighted by molar-refractivity contribution is 0.0955. The molecule has 0 bridgehead atoms. The molecule has 2 amide bonds. The third-order valence-electron chi connectivity index (χ3n) is 4.31. The lowest BCUT2D eigenvalue weighted by Gasteiger charge is -2.09. The highest BCUT2D eigenvalue weighted by Gasteiger charge is 2.14. The van der Waals surface area contributed by atoms with Gasteiger partial charge in [0.25, 0.3) is 11.8 Å². The van der Waals surface area contributed by atoms with Crippen LogP contribution in [0.25, 0.3) is 11.0 Å². The van der Waals surface area contributed by atoms with Crippen molar-refractivity contribution >= 4 is 45.6 Å². The van der Waals surface area contributed by atoms with Crippen LogP contribution in [-0.4, -0.2) is 32.5 Å². The fraction of sp³-hybridized carbons (Fsp3) is 0.0952. The minimum atomic E-state index is -0.417. The second-order valence-corrected chi connectivity index (χ2v) is 7.45. The van der Waals surface area contributed by atoms with Gasteiger partial charge in [-0.2, -0.15) is 5.10 Å². The molecule has 0 spiro atoms. The van der Waals surface area contributed by atoms with Gasteiger partial charge in [0.05, 0.1) is 33.9 Å². The molecule has 0 saturated carbocycles. The zero-order valence-electron chi connectivity index (χ0n) is 16.1. The standard InChI is InChI=1S/C21H18N6O2S/c1-14(13-27-18-10-5-4-9-17(18)24-26-27)23-25-20(28)15-7-2-3-8-16(15)22-21(29)19-11-6-12-30-19/h2-12H,13H2,1H3,(H,22,29)(H,25,28)/b23-14-. The Bertz CT molecular complexity index is 1230. The molecule has 0 saturated heterocycles. The number of hydrogen-bond donors (Lipinski definition) is 2. The Morgan fingerprint density at radius 1 is 1.03 bits per heavy atom. The van der Waals surface area contributed by atoms with Gasteiger partial charge in [-0.25, -0.2) is 10.1 Å². The number of rotatable bonds is 6. The van der Waals surface area contributed by atoms with E-state index in [1.807, 2.05) is 29.6 Å². The molecule has 2 aromatic carbocycles. The molecular weight excluding hydrogens is 400 g/mol. The van der Waals surface area contributed by atoms with Crippen molar-refractivity contribution in [1.82, 2.24) is 20.4 Å². The van der Waals surface area contributed by atoms with Crippen molar-refractivity contribution in [2.45, 2.75) is 13.5 Å². The number of para-hydroxylation sites is 2. The van der Waals surface area contributed by atoms with Crippen LogP contribution in [0.3, 0.4) is 0 Å². The van der Waals surface area contributed by atoms with Crippen molar-refractivity contribution in [2.24, 2.45) is 5.10 Å². The molecule has 0 unspecified atom stereocenters. The SMILES string of the molecule is C/C(Cn1nnc2ccccc21)=N/NC(=O)c1ccccc1NC(=O)c1cccs1. The molecule has 150 valence electrons. The fourth-order valence-electron chi connectivity index (χ4n) is 2.87. The zero-order valence-corrected chi connectivity index (χ0v) is 16.9. The quantitative estimate of drug-likeness (QED) is 0.369. The number of nitrogens with one attached hydrogen (secondary N) is 2. The third kappa shape index (κ3) is 4.26. The van der Waals surface area contributed by atoms with Crippen molar-refractivity contribution in [3.63, 3.8) is 0 Å². The molecule has 0 fully saturated rings. The van der Waals surface area contributed by atoms with Gasteiger partial charge < -0.3 is 5.32 Å². The van der Waals surface area contributed by atoms with Gasteiger partial charge in [0, 0.05) is 0 Å². The average Bonchev–Trinajstić information content (AvgIpc) is 3.43. The number of carbonyl (C=O) groups is 2. The van der Waals surface area contributed by atoms with E-state index in [1.165, 1.54) is 11.3 Å². The number of aromatic nitrogens is 3. The topological polar surface area (TPSA) is 101 Å². The van der Waals surface area contributed by atoms with E-state index in [4.69, 9.17) is 0 Å². The summed E-state index contributed by atoms with van der Waals surface area (Å²) in [5, 5.41) is 17.0. The van der Waals surface area contributed by atoms with E-state index in [0.29, 0.717) is 28.4 Å². The van der Waals surface area contributed by atoms with E-state index in [2.05, 4.69) is 26.2 Å². The molecule has 0 atom stereocenters. The van der Waals surface area contributed by atoms with Crippen molar-refractivity contribution < 1.29 is 9.59 Å². The van der Waals surface area contributed by atoms with Crippen LogP contribution in [0.15, 0.2) is 71.1 Å². The normalized spacial score (nSPS) is 11.4. The van der Waals surface area contributed by atoms with E-state index in [1.54, 1.807) is 48.0 Å². The molecule has 9 heteroatoms. The monoisotopic (exact) mass is 418 g/mol. The summed E-state index contributed by atoms with van der Waals surface area (Å²) in [5.41, 5.74) is 5.63. The maximum atomic E-state index is 12.7. The number of benzene rings is 2. The number of anilines is 1. The maximum absolute atomic E-state index is 12.7. The number of hydrazone groups is 1. The van der Waals surface area contributed by atoms with Crippen LogP contribution in [0.1, 0.15) is 27.0 Å². The maximum Gasteiger partial charge on any atom is 0.273 e. The van der Waals surface area contributed by atoms with Gasteiger partial charge in [0.15, 0.2) is 0 Å². The molecule has 0 aliphatic heterocycles. The van der Waals surface area contributed by atoms with Gasteiger partial charge in [-0.05, 0) is 42.6 Å². The average molecular weight is 418 g/mol. The molecule has 4 rings (SSSR count). The summed E-state index contributed by atoms with van der Waals surface area (Å²) >= 11 is 1.33. The highest BCUT2D eigenvalue weighted by Crippen LogP contribution is 2.18. The van der Waals surface area contributed by atoms with Crippen LogP contribution in [0.5, 0.6) is 0 Å². The number of fused-ring (bicyclic) bond motifs is 1. The van der Waals surface area contributed by atoms with Crippen molar-refractivity contribution in [3.8, 4) is 0 Å². The van der Waals surface area contributed by atoms with Gasteiger partial charge in [-0.15, -0.1) is 16.4 Å². The van der Waals surface area contributed by atoms with E-state index < -0.39 is 5.91 Å². The number of nitrogens with zero attached hydrogens (tertiary/aromatic N) is 4. The van der Waals surface area contributed by atoms with Crippen LogP contribution in [0.4, 0.5) is 5.69 Å². The minimum Gasteiger partial charge on any atom is -0.321 e. The molecule has 2 N–H and O–H groups in total. The minimum absolute atomic E-state index is 0.261. The Morgan fingerprint density at radius 2 is 1.83 bits per heavy atom. The second-order valence-electron chi connectivity index (χ2n) is 6.50.